The number of sulfonamides is 1. The molecule has 1 aromatic rings. The molecule has 6 nitrogen and oxygen atoms in total. The Morgan fingerprint density at radius 1 is 1.21 bits per heavy atom. The van der Waals surface area contributed by atoms with E-state index in [0.29, 0.717) is 0 Å². The third-order valence-corrected chi connectivity index (χ3v) is 4.89. The maximum atomic E-state index is 11.7. The van der Waals surface area contributed by atoms with Crippen LogP contribution in [0.1, 0.15) is 6.92 Å². The molecule has 0 heterocycles. The molecule has 0 spiro atoms. The van der Waals surface area contributed by atoms with Crippen molar-refractivity contribution in [1.29, 1.82) is 5.26 Å². The van der Waals surface area contributed by atoms with Crippen LogP contribution in [0.15, 0.2) is 40.6 Å². The highest BCUT2D eigenvalue weighted by molar-refractivity contribution is 7.94. The lowest BCUT2D eigenvalue weighted by molar-refractivity contribution is 0.602. The van der Waals surface area contributed by atoms with Crippen LogP contribution in [0, 0.1) is 11.3 Å². The second-order valence-electron chi connectivity index (χ2n) is 3.51. The molecule has 1 aromatic carbocycles. The van der Waals surface area contributed by atoms with Gasteiger partial charge in [0.2, 0.25) is 19.9 Å². The Morgan fingerprint density at radius 3 is 2.26 bits per heavy atom. The van der Waals surface area contributed by atoms with E-state index in [0.717, 1.165) is 11.5 Å². The summed E-state index contributed by atoms with van der Waals surface area (Å²) in [5.74, 6) is -0.0715. The number of allylic oxidation sites excluding steroid dienone is 1. The zero-order chi connectivity index (χ0) is 14.5. The normalized spacial score (nSPS) is 12.2. The van der Waals surface area contributed by atoms with E-state index in [2.05, 4.69) is 4.72 Å². The Balaban J connectivity index is 3.02. The minimum atomic E-state index is -3.67. The molecule has 1 N–H and O–H groups in total. The third kappa shape index (κ3) is 4.39. The fraction of sp³-hybridized carbons (Fsp3) is 0.182. The van der Waals surface area contributed by atoms with E-state index in [4.69, 9.17) is 5.26 Å². The van der Waals surface area contributed by atoms with Crippen molar-refractivity contribution < 1.29 is 16.8 Å². The summed E-state index contributed by atoms with van der Waals surface area (Å²) in [7, 11) is -7.06. The smallest absolute Gasteiger partial charge is 0.232 e. The highest BCUT2D eigenvalue weighted by atomic mass is 32.2. The predicted octanol–water partition coefficient (Wildman–Crippen LogP) is 1.26. The third-order valence-electron chi connectivity index (χ3n) is 2.16. The average Bonchev–Trinajstić information content (AvgIpc) is 2.37. The second kappa shape index (κ2) is 5.86. The molecule has 0 saturated heterocycles. The van der Waals surface area contributed by atoms with E-state index in [1.54, 1.807) is 6.07 Å². The van der Waals surface area contributed by atoms with Gasteiger partial charge in [-0.15, -0.1) is 0 Å². The van der Waals surface area contributed by atoms with Crippen molar-refractivity contribution >= 4 is 25.5 Å². The second-order valence-corrected chi connectivity index (χ2v) is 7.35. The van der Waals surface area contributed by atoms with Crippen LogP contribution < -0.4 is 4.72 Å². The molecule has 102 valence electrons. The summed E-state index contributed by atoms with van der Waals surface area (Å²) in [6, 6.07) is 6.82. The summed E-state index contributed by atoms with van der Waals surface area (Å²) in [4.78, 5) is -0.0153. The van der Waals surface area contributed by atoms with Crippen LogP contribution in [0.5, 0.6) is 0 Å². The SMILES string of the molecule is CCS(=O)(=O)Nc1ccc(S(=O)(=O)/C=C/C#N)cc1. The molecule has 0 saturated carbocycles. The predicted molar refractivity (Wildman–Crippen MR) is 71.5 cm³/mol. The Bertz CT molecular complexity index is 711. The molecule has 0 unspecified atom stereocenters. The maximum absolute atomic E-state index is 11.7. The van der Waals surface area contributed by atoms with E-state index >= 15 is 0 Å². The van der Waals surface area contributed by atoms with Crippen molar-refractivity contribution in [3.8, 4) is 6.07 Å². The van der Waals surface area contributed by atoms with Crippen LogP contribution in [0.3, 0.4) is 0 Å². The van der Waals surface area contributed by atoms with Gasteiger partial charge in [-0.1, -0.05) is 0 Å². The van der Waals surface area contributed by atoms with Gasteiger partial charge in [0.25, 0.3) is 0 Å². The van der Waals surface area contributed by atoms with E-state index in [1.165, 1.54) is 31.2 Å². The van der Waals surface area contributed by atoms with E-state index in [-0.39, 0.29) is 16.3 Å². The summed E-state index contributed by atoms with van der Waals surface area (Å²) >= 11 is 0. The number of hydrogen-bond acceptors (Lipinski definition) is 5. The van der Waals surface area contributed by atoms with Gasteiger partial charge in [0.1, 0.15) is 0 Å². The zero-order valence-corrected chi connectivity index (χ0v) is 11.7. The number of sulfone groups is 1. The van der Waals surface area contributed by atoms with Gasteiger partial charge in [0.15, 0.2) is 0 Å². The largest absolute Gasteiger partial charge is 0.284 e. The first-order valence-electron chi connectivity index (χ1n) is 5.22. The number of nitrogens with one attached hydrogen (secondary N) is 1. The van der Waals surface area contributed by atoms with Gasteiger partial charge in [0.05, 0.1) is 16.7 Å². The van der Waals surface area contributed by atoms with Crippen LogP contribution in [0.2, 0.25) is 0 Å². The molecule has 1 rings (SSSR count). The first kappa shape index (κ1) is 15.2. The number of nitriles is 1. The van der Waals surface area contributed by atoms with Crippen molar-refractivity contribution in [1.82, 2.24) is 0 Å². The van der Waals surface area contributed by atoms with Crippen LogP contribution in [0.25, 0.3) is 0 Å². The molecule has 0 fully saturated rings. The van der Waals surface area contributed by atoms with Crippen LogP contribution in [-0.4, -0.2) is 22.6 Å². The molecular formula is C11H12N2O4S2. The summed E-state index contributed by atoms with van der Waals surface area (Å²) in [5.41, 5.74) is 0.282. The Kier molecular flexibility index (Phi) is 4.69. The molecule has 0 aliphatic heterocycles. The summed E-state index contributed by atoms with van der Waals surface area (Å²) in [6.07, 6.45) is 0.864. The van der Waals surface area contributed by atoms with E-state index in [9.17, 15) is 16.8 Å². The zero-order valence-electron chi connectivity index (χ0n) is 10.1. The van der Waals surface area contributed by atoms with Gasteiger partial charge in [0, 0.05) is 17.2 Å². The van der Waals surface area contributed by atoms with Crippen molar-refractivity contribution in [2.24, 2.45) is 0 Å². The minimum Gasteiger partial charge on any atom is -0.284 e. The maximum Gasteiger partial charge on any atom is 0.232 e. The van der Waals surface area contributed by atoms with Crippen molar-refractivity contribution in [3.05, 3.63) is 35.7 Å². The molecular weight excluding hydrogens is 288 g/mol. The lowest BCUT2D eigenvalue weighted by Gasteiger charge is -2.06. The average molecular weight is 300 g/mol. The lowest BCUT2D eigenvalue weighted by Crippen LogP contribution is -2.14. The van der Waals surface area contributed by atoms with E-state index in [1.807, 2.05) is 0 Å². The Hall–Kier alpha value is -1.85. The van der Waals surface area contributed by atoms with Crippen molar-refractivity contribution in [3.63, 3.8) is 0 Å². The fourth-order valence-electron chi connectivity index (χ4n) is 1.16. The first-order chi connectivity index (χ1) is 8.80. The molecule has 0 aromatic heterocycles. The first-order valence-corrected chi connectivity index (χ1v) is 8.42. The van der Waals surface area contributed by atoms with Gasteiger partial charge in [-0.25, -0.2) is 16.8 Å². The number of anilines is 1. The molecule has 0 aliphatic rings. The molecule has 0 radical (unpaired) electrons. The molecule has 19 heavy (non-hydrogen) atoms. The van der Waals surface area contributed by atoms with Crippen LogP contribution in [-0.2, 0) is 19.9 Å². The van der Waals surface area contributed by atoms with Gasteiger partial charge in [-0.05, 0) is 31.2 Å². The molecule has 0 aliphatic carbocycles. The number of hydrogen-bond donors (Lipinski definition) is 1. The van der Waals surface area contributed by atoms with Crippen LogP contribution in [0.4, 0.5) is 5.69 Å². The van der Waals surface area contributed by atoms with E-state index < -0.39 is 19.9 Å². The summed E-state index contributed by atoms with van der Waals surface area (Å²) in [5, 5.41) is 9.09. The molecule has 0 atom stereocenters. The Labute approximate surface area is 112 Å². The number of benzene rings is 1. The quantitative estimate of drug-likeness (QED) is 0.824. The van der Waals surface area contributed by atoms with Crippen molar-refractivity contribution in [2.75, 3.05) is 10.5 Å². The van der Waals surface area contributed by atoms with Gasteiger partial charge in [-0.3, -0.25) is 4.72 Å². The fourth-order valence-corrected chi connectivity index (χ4v) is 2.72. The number of nitrogens with zero attached hydrogens (tertiary/aromatic N) is 1. The highest BCUT2D eigenvalue weighted by Crippen LogP contribution is 2.17. The monoisotopic (exact) mass is 300 g/mol. The lowest BCUT2D eigenvalue weighted by atomic mass is 10.3. The standard InChI is InChI=1S/C11H12N2O4S2/c1-2-19(16,17)13-10-4-6-11(7-5-10)18(14,15)9-3-8-12/h3-7,9,13H,2H2,1H3/b9-3+. The van der Waals surface area contributed by atoms with Gasteiger partial charge >= 0.3 is 0 Å². The van der Waals surface area contributed by atoms with Crippen molar-refractivity contribution in [2.45, 2.75) is 11.8 Å². The Morgan fingerprint density at radius 2 is 1.79 bits per heavy atom. The number of rotatable bonds is 5. The topological polar surface area (TPSA) is 104 Å². The minimum absolute atomic E-state index is 0.0153. The molecule has 8 heteroatoms. The summed E-state index contributed by atoms with van der Waals surface area (Å²) < 4.78 is 48.3. The van der Waals surface area contributed by atoms with Gasteiger partial charge < -0.3 is 0 Å². The van der Waals surface area contributed by atoms with Gasteiger partial charge in [-0.2, -0.15) is 5.26 Å². The highest BCUT2D eigenvalue weighted by Gasteiger charge is 2.11. The summed E-state index contributed by atoms with van der Waals surface area (Å²) in [6.45, 7) is 1.49. The molecule has 0 bridgehead atoms. The molecule has 0 amide bonds. The van der Waals surface area contributed by atoms with Crippen LogP contribution >= 0.6 is 0 Å².